The normalized spacial score (nSPS) is 9.42. The van der Waals surface area contributed by atoms with Gasteiger partial charge in [0, 0.05) is 5.69 Å². The third-order valence-corrected chi connectivity index (χ3v) is 1.72. The number of pyridine rings is 1. The Kier molecular flexibility index (Phi) is 1.88. The molecule has 0 fully saturated rings. The van der Waals surface area contributed by atoms with Crippen LogP contribution in [0.3, 0.4) is 0 Å². The molecule has 0 atom stereocenters. The Morgan fingerprint density at radius 3 is 2.58 bits per heavy atom. The summed E-state index contributed by atoms with van der Waals surface area (Å²) in [5.74, 6) is -0.223. The van der Waals surface area contributed by atoms with Gasteiger partial charge < -0.3 is 10.1 Å². The average molecular weight is 164 g/mol. The lowest BCUT2D eigenvalue weighted by molar-refractivity contribution is 0.466. The van der Waals surface area contributed by atoms with E-state index in [9.17, 15) is 9.90 Å². The standard InChI is InChI=1S/C8H8N2O2/c1-4-7(11)6(3-9)5(2)10-8(4)12/h1-2H3,(H2,10,11,12). The van der Waals surface area contributed by atoms with Gasteiger partial charge in [0.2, 0.25) is 0 Å². The number of hydrogen-bond donors (Lipinski definition) is 2. The number of nitrogens with one attached hydrogen (secondary N) is 1. The molecule has 12 heavy (non-hydrogen) atoms. The van der Waals surface area contributed by atoms with Crippen molar-refractivity contribution in [2.45, 2.75) is 13.8 Å². The zero-order valence-electron chi connectivity index (χ0n) is 6.80. The van der Waals surface area contributed by atoms with Gasteiger partial charge in [0.05, 0.1) is 5.56 Å². The van der Waals surface area contributed by atoms with Crippen LogP contribution in [0.1, 0.15) is 16.8 Å². The summed E-state index contributed by atoms with van der Waals surface area (Å²) < 4.78 is 0. The maximum atomic E-state index is 11.0. The molecule has 0 radical (unpaired) electrons. The number of aromatic nitrogens is 1. The monoisotopic (exact) mass is 164 g/mol. The molecule has 1 aromatic rings. The van der Waals surface area contributed by atoms with Gasteiger partial charge in [-0.2, -0.15) is 5.26 Å². The van der Waals surface area contributed by atoms with Crippen LogP contribution in [0.25, 0.3) is 0 Å². The predicted octanol–water partition coefficient (Wildman–Crippen LogP) is 0.569. The van der Waals surface area contributed by atoms with Gasteiger partial charge in [-0.05, 0) is 13.8 Å². The van der Waals surface area contributed by atoms with Crippen molar-refractivity contribution in [1.29, 1.82) is 5.26 Å². The maximum Gasteiger partial charge on any atom is 0.254 e. The third kappa shape index (κ3) is 1.05. The molecule has 0 unspecified atom stereocenters. The van der Waals surface area contributed by atoms with Crippen molar-refractivity contribution >= 4 is 0 Å². The number of aryl methyl sites for hydroxylation is 1. The first-order chi connectivity index (χ1) is 5.57. The molecular formula is C8H8N2O2. The molecule has 0 saturated carbocycles. The fraction of sp³-hybridized carbons (Fsp3) is 0.250. The van der Waals surface area contributed by atoms with Gasteiger partial charge in [-0.15, -0.1) is 0 Å². The zero-order chi connectivity index (χ0) is 9.30. The third-order valence-electron chi connectivity index (χ3n) is 1.72. The first-order valence-electron chi connectivity index (χ1n) is 3.40. The SMILES string of the molecule is Cc1[nH]c(=O)c(C)c(O)c1C#N. The Balaban J connectivity index is 3.66. The van der Waals surface area contributed by atoms with Gasteiger partial charge >= 0.3 is 0 Å². The van der Waals surface area contributed by atoms with E-state index in [0.717, 1.165) is 0 Å². The predicted molar refractivity (Wildman–Crippen MR) is 42.9 cm³/mol. The van der Waals surface area contributed by atoms with E-state index in [1.807, 2.05) is 6.07 Å². The van der Waals surface area contributed by atoms with E-state index in [0.29, 0.717) is 5.69 Å². The van der Waals surface area contributed by atoms with E-state index < -0.39 is 0 Å². The van der Waals surface area contributed by atoms with Crippen molar-refractivity contribution in [1.82, 2.24) is 4.98 Å². The van der Waals surface area contributed by atoms with E-state index in [2.05, 4.69) is 4.98 Å². The molecule has 4 heteroatoms. The number of H-pyrrole nitrogens is 1. The minimum absolute atomic E-state index is 0.132. The molecule has 0 bridgehead atoms. The van der Waals surface area contributed by atoms with Crippen molar-refractivity contribution in [3.8, 4) is 11.8 Å². The van der Waals surface area contributed by atoms with E-state index in [1.165, 1.54) is 6.92 Å². The number of aromatic amines is 1. The van der Waals surface area contributed by atoms with E-state index in [1.54, 1.807) is 6.92 Å². The summed E-state index contributed by atoms with van der Waals surface area (Å²) in [6.07, 6.45) is 0. The number of nitriles is 1. The fourth-order valence-corrected chi connectivity index (χ4v) is 0.936. The molecule has 0 amide bonds. The molecule has 1 rings (SSSR count). The van der Waals surface area contributed by atoms with Crippen LogP contribution in [0.5, 0.6) is 5.75 Å². The summed E-state index contributed by atoms with van der Waals surface area (Å²) in [6, 6.07) is 1.81. The summed E-state index contributed by atoms with van der Waals surface area (Å²) in [7, 11) is 0. The smallest absolute Gasteiger partial charge is 0.254 e. The second-order valence-corrected chi connectivity index (χ2v) is 2.54. The number of aromatic hydroxyl groups is 1. The highest BCUT2D eigenvalue weighted by Crippen LogP contribution is 2.18. The maximum absolute atomic E-state index is 11.0. The van der Waals surface area contributed by atoms with Crippen molar-refractivity contribution in [3.05, 3.63) is 27.2 Å². The molecule has 1 aromatic heterocycles. The van der Waals surface area contributed by atoms with Gasteiger partial charge in [-0.3, -0.25) is 4.79 Å². The van der Waals surface area contributed by atoms with Crippen molar-refractivity contribution in [2.75, 3.05) is 0 Å². The summed E-state index contributed by atoms with van der Waals surface area (Å²) in [6.45, 7) is 3.04. The van der Waals surface area contributed by atoms with Crippen LogP contribution in [0.15, 0.2) is 4.79 Å². The molecule has 0 saturated heterocycles. The largest absolute Gasteiger partial charge is 0.506 e. The summed E-state index contributed by atoms with van der Waals surface area (Å²) in [5, 5.41) is 17.9. The van der Waals surface area contributed by atoms with Crippen LogP contribution < -0.4 is 5.56 Å². The Hall–Kier alpha value is -1.76. The molecule has 0 aliphatic heterocycles. The average Bonchev–Trinajstić information content (AvgIpc) is 2.01. The molecule has 0 aliphatic rings. The quantitative estimate of drug-likeness (QED) is 0.588. The topological polar surface area (TPSA) is 76.9 Å². The lowest BCUT2D eigenvalue weighted by Crippen LogP contribution is -2.12. The first-order valence-corrected chi connectivity index (χ1v) is 3.40. The summed E-state index contributed by atoms with van der Waals surface area (Å²) >= 11 is 0. The van der Waals surface area contributed by atoms with Crippen molar-refractivity contribution in [3.63, 3.8) is 0 Å². The van der Waals surface area contributed by atoms with E-state index in [4.69, 9.17) is 5.26 Å². The number of hydrogen-bond acceptors (Lipinski definition) is 3. The van der Waals surface area contributed by atoms with Gasteiger partial charge in [0.15, 0.2) is 0 Å². The molecule has 1 heterocycles. The minimum Gasteiger partial charge on any atom is -0.506 e. The molecule has 0 spiro atoms. The van der Waals surface area contributed by atoms with Gasteiger partial charge in [-0.25, -0.2) is 0 Å². The van der Waals surface area contributed by atoms with Crippen LogP contribution in [0, 0.1) is 25.2 Å². The van der Waals surface area contributed by atoms with Crippen LogP contribution in [-0.4, -0.2) is 10.1 Å². The fourth-order valence-electron chi connectivity index (χ4n) is 0.936. The lowest BCUT2D eigenvalue weighted by Gasteiger charge is -2.02. The molecule has 62 valence electrons. The summed E-state index contributed by atoms with van der Waals surface area (Å²) in [5.41, 5.74) is 0.346. The minimum atomic E-state index is -0.357. The first kappa shape index (κ1) is 8.34. The van der Waals surface area contributed by atoms with E-state index >= 15 is 0 Å². The van der Waals surface area contributed by atoms with Crippen LogP contribution in [0.2, 0.25) is 0 Å². The number of nitrogens with zero attached hydrogens (tertiary/aromatic N) is 1. The van der Waals surface area contributed by atoms with Crippen LogP contribution >= 0.6 is 0 Å². The van der Waals surface area contributed by atoms with Gasteiger partial charge in [-0.1, -0.05) is 0 Å². The number of rotatable bonds is 0. The lowest BCUT2D eigenvalue weighted by atomic mass is 10.1. The Morgan fingerprint density at radius 2 is 2.08 bits per heavy atom. The molecular weight excluding hydrogens is 156 g/mol. The Labute approximate surface area is 69.1 Å². The molecule has 0 aliphatic carbocycles. The Bertz CT molecular complexity index is 412. The molecule has 0 aromatic carbocycles. The van der Waals surface area contributed by atoms with Gasteiger partial charge in [0.25, 0.3) is 5.56 Å². The second kappa shape index (κ2) is 2.70. The highest BCUT2D eigenvalue weighted by Gasteiger charge is 2.10. The van der Waals surface area contributed by atoms with Crippen LogP contribution in [0.4, 0.5) is 0 Å². The second-order valence-electron chi connectivity index (χ2n) is 2.54. The van der Waals surface area contributed by atoms with E-state index in [-0.39, 0.29) is 22.4 Å². The van der Waals surface area contributed by atoms with Crippen molar-refractivity contribution in [2.24, 2.45) is 0 Å². The van der Waals surface area contributed by atoms with Crippen molar-refractivity contribution < 1.29 is 5.11 Å². The molecule has 4 nitrogen and oxygen atoms in total. The highest BCUT2D eigenvalue weighted by atomic mass is 16.3. The molecule has 2 N–H and O–H groups in total. The Morgan fingerprint density at radius 1 is 1.50 bits per heavy atom. The zero-order valence-corrected chi connectivity index (χ0v) is 6.80. The summed E-state index contributed by atoms with van der Waals surface area (Å²) in [4.78, 5) is 13.5. The van der Waals surface area contributed by atoms with Gasteiger partial charge in [0.1, 0.15) is 17.4 Å². The highest BCUT2D eigenvalue weighted by molar-refractivity contribution is 5.48. The van der Waals surface area contributed by atoms with Crippen LogP contribution in [-0.2, 0) is 0 Å².